The Morgan fingerprint density at radius 1 is 0.800 bits per heavy atom. The number of ether oxygens (including phenoxy) is 2. The van der Waals surface area contributed by atoms with Crippen LogP contribution in [0.15, 0.2) is 78.9 Å². The molecule has 3 aromatic carbocycles. The number of carbonyl (C=O) groups excluding carboxylic acids is 2. The Morgan fingerprint density at radius 3 is 1.97 bits per heavy atom. The Balaban J connectivity index is 1.49. The maximum Gasteiger partial charge on any atom is 0.265 e. The molecule has 30 heavy (non-hydrogen) atoms. The second-order valence-electron chi connectivity index (χ2n) is 6.75. The van der Waals surface area contributed by atoms with Crippen molar-refractivity contribution < 1.29 is 19.1 Å². The molecule has 0 spiro atoms. The minimum Gasteiger partial charge on any atom is -0.489 e. The second kappa shape index (κ2) is 10.1. The molecule has 6 heteroatoms. The molecule has 0 aromatic heterocycles. The molecule has 6 nitrogen and oxygen atoms in total. The summed E-state index contributed by atoms with van der Waals surface area (Å²) in [4.78, 5) is 23.5. The lowest BCUT2D eigenvalue weighted by Crippen LogP contribution is -2.30. The monoisotopic (exact) mass is 404 g/mol. The standard InChI is InChI=1S/C24H24N2O4/c1-17(30-23-14-10-20(11-15-23)25-18(2)27)24(28)26-21-8-12-22(13-9-21)29-16-19-6-4-3-5-7-19/h3-15,17H,16H2,1-2H3,(H,25,27)(H,26,28)/t17-/m0/s1. The first kappa shape index (κ1) is 20.9. The first-order valence-electron chi connectivity index (χ1n) is 9.61. The van der Waals surface area contributed by atoms with Gasteiger partial charge in [0.1, 0.15) is 18.1 Å². The fourth-order valence-corrected chi connectivity index (χ4v) is 2.70. The zero-order valence-corrected chi connectivity index (χ0v) is 16.9. The number of nitrogens with one attached hydrogen (secondary N) is 2. The van der Waals surface area contributed by atoms with Gasteiger partial charge in [-0.1, -0.05) is 30.3 Å². The van der Waals surface area contributed by atoms with E-state index in [1.165, 1.54) is 6.92 Å². The van der Waals surface area contributed by atoms with Gasteiger partial charge in [0.25, 0.3) is 5.91 Å². The van der Waals surface area contributed by atoms with Crippen molar-refractivity contribution in [2.24, 2.45) is 0 Å². The summed E-state index contributed by atoms with van der Waals surface area (Å²) in [6.45, 7) is 3.60. The van der Waals surface area contributed by atoms with Crippen LogP contribution < -0.4 is 20.1 Å². The third-order valence-corrected chi connectivity index (χ3v) is 4.23. The van der Waals surface area contributed by atoms with Gasteiger partial charge in [-0.25, -0.2) is 0 Å². The quantitative estimate of drug-likeness (QED) is 0.574. The van der Waals surface area contributed by atoms with Crippen LogP contribution in [0, 0.1) is 0 Å². The molecule has 154 valence electrons. The molecule has 0 aliphatic heterocycles. The SMILES string of the molecule is CC(=O)Nc1ccc(O[C@@H](C)C(=O)Nc2ccc(OCc3ccccc3)cc2)cc1. The van der Waals surface area contributed by atoms with Crippen LogP contribution in [-0.4, -0.2) is 17.9 Å². The molecule has 0 saturated carbocycles. The van der Waals surface area contributed by atoms with E-state index in [2.05, 4.69) is 10.6 Å². The Kier molecular flexibility index (Phi) is 7.05. The Labute approximate surface area is 175 Å². The molecule has 0 radical (unpaired) electrons. The third-order valence-electron chi connectivity index (χ3n) is 4.23. The summed E-state index contributed by atoms with van der Waals surface area (Å²) in [5.74, 6) is 0.851. The lowest BCUT2D eigenvalue weighted by atomic mass is 10.2. The number of rotatable bonds is 8. The highest BCUT2D eigenvalue weighted by Gasteiger charge is 2.15. The summed E-state index contributed by atoms with van der Waals surface area (Å²) in [7, 11) is 0. The number of carbonyl (C=O) groups is 2. The summed E-state index contributed by atoms with van der Waals surface area (Å²) >= 11 is 0. The predicted octanol–water partition coefficient (Wildman–Crippen LogP) is 4.63. The van der Waals surface area contributed by atoms with Gasteiger partial charge >= 0.3 is 0 Å². The van der Waals surface area contributed by atoms with Crippen LogP contribution in [0.5, 0.6) is 11.5 Å². The molecule has 0 heterocycles. The second-order valence-corrected chi connectivity index (χ2v) is 6.75. The van der Waals surface area contributed by atoms with Crippen molar-refractivity contribution in [3.63, 3.8) is 0 Å². The van der Waals surface area contributed by atoms with Crippen molar-refractivity contribution in [1.29, 1.82) is 0 Å². The van der Waals surface area contributed by atoms with Crippen molar-refractivity contribution in [2.45, 2.75) is 26.6 Å². The third kappa shape index (κ3) is 6.38. The maximum atomic E-state index is 12.4. The van der Waals surface area contributed by atoms with E-state index in [9.17, 15) is 9.59 Å². The number of anilines is 2. The molecule has 0 aliphatic carbocycles. The molecular formula is C24H24N2O4. The number of amides is 2. The van der Waals surface area contributed by atoms with Gasteiger partial charge in [-0.05, 0) is 61.0 Å². The lowest BCUT2D eigenvalue weighted by molar-refractivity contribution is -0.122. The van der Waals surface area contributed by atoms with Gasteiger partial charge in [-0.3, -0.25) is 9.59 Å². The Hall–Kier alpha value is -3.80. The predicted molar refractivity (Wildman–Crippen MR) is 117 cm³/mol. The first-order valence-corrected chi connectivity index (χ1v) is 9.61. The van der Waals surface area contributed by atoms with E-state index in [0.717, 1.165) is 11.3 Å². The van der Waals surface area contributed by atoms with E-state index in [1.54, 1.807) is 43.3 Å². The van der Waals surface area contributed by atoms with Crippen molar-refractivity contribution >= 4 is 23.2 Å². The topological polar surface area (TPSA) is 76.7 Å². The minimum absolute atomic E-state index is 0.145. The summed E-state index contributed by atoms with van der Waals surface area (Å²) in [6, 6.07) is 23.9. The van der Waals surface area contributed by atoms with Gasteiger partial charge in [0.2, 0.25) is 5.91 Å². The molecule has 3 aromatic rings. The number of hydrogen-bond acceptors (Lipinski definition) is 4. The van der Waals surface area contributed by atoms with Gasteiger partial charge in [-0.2, -0.15) is 0 Å². The van der Waals surface area contributed by atoms with Gasteiger partial charge < -0.3 is 20.1 Å². The van der Waals surface area contributed by atoms with Crippen LogP contribution in [0.3, 0.4) is 0 Å². The van der Waals surface area contributed by atoms with Gasteiger partial charge in [0, 0.05) is 18.3 Å². The molecule has 0 aliphatic rings. The van der Waals surface area contributed by atoms with E-state index >= 15 is 0 Å². The molecule has 0 bridgehead atoms. The van der Waals surface area contributed by atoms with E-state index in [1.807, 2.05) is 42.5 Å². The van der Waals surface area contributed by atoms with Crippen LogP contribution in [0.2, 0.25) is 0 Å². The number of hydrogen-bond donors (Lipinski definition) is 2. The smallest absolute Gasteiger partial charge is 0.265 e. The summed E-state index contributed by atoms with van der Waals surface area (Å²) < 4.78 is 11.4. The Bertz CT molecular complexity index is 970. The molecule has 0 unspecified atom stereocenters. The highest BCUT2D eigenvalue weighted by Crippen LogP contribution is 2.19. The van der Waals surface area contributed by atoms with Gasteiger partial charge in [0.15, 0.2) is 6.10 Å². The summed E-state index contributed by atoms with van der Waals surface area (Å²) in [6.07, 6.45) is -0.689. The van der Waals surface area contributed by atoms with E-state index in [4.69, 9.17) is 9.47 Å². The highest BCUT2D eigenvalue weighted by atomic mass is 16.5. The average molecular weight is 404 g/mol. The Morgan fingerprint density at radius 2 is 1.37 bits per heavy atom. The fraction of sp³-hybridized carbons (Fsp3) is 0.167. The zero-order valence-electron chi connectivity index (χ0n) is 16.9. The molecule has 2 N–H and O–H groups in total. The van der Waals surface area contributed by atoms with Crippen LogP contribution in [0.25, 0.3) is 0 Å². The molecular weight excluding hydrogens is 380 g/mol. The molecule has 1 atom stereocenters. The fourth-order valence-electron chi connectivity index (χ4n) is 2.70. The average Bonchev–Trinajstić information content (AvgIpc) is 2.75. The van der Waals surface area contributed by atoms with Gasteiger partial charge in [-0.15, -0.1) is 0 Å². The zero-order chi connectivity index (χ0) is 21.3. The number of benzene rings is 3. The summed E-state index contributed by atoms with van der Waals surface area (Å²) in [5, 5.41) is 5.50. The van der Waals surface area contributed by atoms with Crippen molar-refractivity contribution in [3.05, 3.63) is 84.4 Å². The van der Waals surface area contributed by atoms with Crippen LogP contribution in [0.1, 0.15) is 19.4 Å². The van der Waals surface area contributed by atoms with Crippen molar-refractivity contribution in [1.82, 2.24) is 0 Å². The highest BCUT2D eigenvalue weighted by molar-refractivity contribution is 5.94. The molecule has 3 rings (SSSR count). The molecule has 0 fully saturated rings. The van der Waals surface area contributed by atoms with E-state index < -0.39 is 6.10 Å². The first-order chi connectivity index (χ1) is 14.5. The minimum atomic E-state index is -0.689. The summed E-state index contributed by atoms with van der Waals surface area (Å²) in [5.41, 5.74) is 2.41. The molecule has 2 amide bonds. The molecule has 0 saturated heterocycles. The van der Waals surface area contributed by atoms with E-state index in [-0.39, 0.29) is 11.8 Å². The largest absolute Gasteiger partial charge is 0.489 e. The maximum absolute atomic E-state index is 12.4. The van der Waals surface area contributed by atoms with E-state index in [0.29, 0.717) is 23.7 Å². The van der Waals surface area contributed by atoms with Gasteiger partial charge in [0.05, 0.1) is 0 Å². The lowest BCUT2D eigenvalue weighted by Gasteiger charge is -2.15. The van der Waals surface area contributed by atoms with Crippen LogP contribution in [-0.2, 0) is 16.2 Å². The van der Waals surface area contributed by atoms with Crippen LogP contribution in [0.4, 0.5) is 11.4 Å². The van der Waals surface area contributed by atoms with Crippen molar-refractivity contribution in [3.8, 4) is 11.5 Å². The van der Waals surface area contributed by atoms with Crippen molar-refractivity contribution in [2.75, 3.05) is 10.6 Å². The van der Waals surface area contributed by atoms with Crippen LogP contribution >= 0.6 is 0 Å². The normalized spacial score (nSPS) is 11.3.